The summed E-state index contributed by atoms with van der Waals surface area (Å²) in [6, 6.07) is 9.55. The molecule has 0 saturated heterocycles. The van der Waals surface area contributed by atoms with E-state index in [1.54, 1.807) is 0 Å². The third-order valence-corrected chi connectivity index (χ3v) is 7.07. The zero-order valence-corrected chi connectivity index (χ0v) is 16.3. The van der Waals surface area contributed by atoms with Crippen LogP contribution in [0.5, 0.6) is 0 Å². The van der Waals surface area contributed by atoms with Crippen LogP contribution in [0.15, 0.2) is 24.3 Å². The second-order valence-corrected chi connectivity index (χ2v) is 8.65. The van der Waals surface area contributed by atoms with Gasteiger partial charge in [0.2, 0.25) is 0 Å². The lowest BCUT2D eigenvalue weighted by Gasteiger charge is -2.45. The molecule has 2 aliphatic carbocycles. The molecule has 0 unspecified atom stereocenters. The van der Waals surface area contributed by atoms with Gasteiger partial charge in [-0.15, -0.1) is 0 Å². The monoisotopic (exact) mass is 328 g/mol. The van der Waals surface area contributed by atoms with Crippen molar-refractivity contribution in [1.29, 1.82) is 0 Å². The zero-order chi connectivity index (χ0) is 17.2. The molecule has 24 heavy (non-hydrogen) atoms. The van der Waals surface area contributed by atoms with E-state index in [0.29, 0.717) is 5.54 Å². The summed E-state index contributed by atoms with van der Waals surface area (Å²) in [5.41, 5.74) is 3.49. The fourth-order valence-electron chi connectivity index (χ4n) is 5.09. The van der Waals surface area contributed by atoms with Crippen molar-refractivity contribution >= 4 is 5.69 Å². The van der Waals surface area contributed by atoms with E-state index in [-0.39, 0.29) is 5.54 Å². The molecule has 0 spiro atoms. The molecule has 0 aliphatic heterocycles. The van der Waals surface area contributed by atoms with E-state index in [2.05, 4.69) is 62.1 Å². The van der Waals surface area contributed by atoms with Gasteiger partial charge in [-0.25, -0.2) is 0 Å². The van der Waals surface area contributed by atoms with Crippen molar-refractivity contribution in [2.24, 2.45) is 0 Å². The third kappa shape index (κ3) is 3.22. The zero-order valence-electron chi connectivity index (χ0n) is 16.3. The number of hydrogen-bond acceptors (Lipinski definition) is 2. The second kappa shape index (κ2) is 7.07. The van der Waals surface area contributed by atoms with E-state index in [1.165, 1.54) is 75.5 Å². The minimum absolute atomic E-state index is 0.254. The summed E-state index contributed by atoms with van der Waals surface area (Å²) in [6.45, 7) is 2.45. The Balaban J connectivity index is 1.82. The number of benzene rings is 1. The maximum Gasteiger partial charge on any atom is 0.0454 e. The summed E-state index contributed by atoms with van der Waals surface area (Å²) < 4.78 is 0. The highest BCUT2D eigenvalue weighted by Gasteiger charge is 2.36. The van der Waals surface area contributed by atoms with Crippen LogP contribution in [0.1, 0.15) is 76.7 Å². The maximum absolute atomic E-state index is 2.54. The van der Waals surface area contributed by atoms with E-state index < -0.39 is 0 Å². The molecule has 2 heteroatoms. The van der Waals surface area contributed by atoms with Crippen LogP contribution in [0.2, 0.25) is 0 Å². The molecule has 2 saturated carbocycles. The molecule has 0 heterocycles. The Kier molecular flexibility index (Phi) is 5.24. The Hall–Kier alpha value is -1.02. The molecule has 0 amide bonds. The van der Waals surface area contributed by atoms with Gasteiger partial charge in [0.05, 0.1) is 0 Å². The molecular formula is C22H36N2. The average molecular weight is 329 g/mol. The quantitative estimate of drug-likeness (QED) is 0.713. The van der Waals surface area contributed by atoms with Crippen LogP contribution in [0.3, 0.4) is 0 Å². The van der Waals surface area contributed by atoms with Crippen LogP contribution >= 0.6 is 0 Å². The molecule has 0 atom stereocenters. The molecule has 0 aromatic heterocycles. The molecule has 3 rings (SSSR count). The van der Waals surface area contributed by atoms with Gasteiger partial charge in [-0.05, 0) is 64.4 Å². The summed E-state index contributed by atoms with van der Waals surface area (Å²) >= 11 is 0. The smallest absolute Gasteiger partial charge is 0.0454 e. The predicted molar refractivity (Wildman–Crippen MR) is 105 cm³/mol. The van der Waals surface area contributed by atoms with Crippen molar-refractivity contribution in [2.75, 3.05) is 26.0 Å². The number of hydrogen-bond donors (Lipinski definition) is 0. The van der Waals surface area contributed by atoms with Crippen molar-refractivity contribution in [2.45, 2.75) is 82.2 Å². The highest BCUT2D eigenvalue weighted by Crippen LogP contribution is 2.42. The first kappa shape index (κ1) is 17.8. The Morgan fingerprint density at radius 2 is 1.21 bits per heavy atom. The Morgan fingerprint density at radius 1 is 0.708 bits per heavy atom. The highest BCUT2D eigenvalue weighted by atomic mass is 15.2. The van der Waals surface area contributed by atoms with Crippen molar-refractivity contribution < 1.29 is 0 Å². The summed E-state index contributed by atoms with van der Waals surface area (Å²) in [4.78, 5) is 5.01. The van der Waals surface area contributed by atoms with Crippen molar-refractivity contribution in [3.05, 3.63) is 29.8 Å². The molecule has 2 nitrogen and oxygen atoms in total. The Labute approximate surface area is 149 Å². The van der Waals surface area contributed by atoms with Crippen LogP contribution in [0.4, 0.5) is 5.69 Å². The molecule has 0 N–H and O–H groups in total. The maximum atomic E-state index is 2.54. The standard InChI is InChI=1S/C22H36N2/c1-21(15-7-5-8-16-21)24(4)20-13-11-19(12-14-20)22(23(2)3)17-9-6-10-18-22/h11-14H,5-10,15-18H2,1-4H3. The predicted octanol–water partition coefficient (Wildman–Crippen LogP) is 5.57. The first-order chi connectivity index (χ1) is 11.5. The number of rotatable bonds is 4. The lowest BCUT2D eigenvalue weighted by molar-refractivity contribution is 0.0989. The van der Waals surface area contributed by atoms with Crippen LogP contribution in [-0.2, 0) is 5.54 Å². The first-order valence-corrected chi connectivity index (χ1v) is 10.00. The van der Waals surface area contributed by atoms with Gasteiger partial charge in [0.1, 0.15) is 0 Å². The van der Waals surface area contributed by atoms with Gasteiger partial charge in [0.25, 0.3) is 0 Å². The molecule has 2 aliphatic rings. The summed E-state index contributed by atoms with van der Waals surface area (Å²) in [6.07, 6.45) is 13.5. The van der Waals surface area contributed by atoms with E-state index in [9.17, 15) is 0 Å². The van der Waals surface area contributed by atoms with Gasteiger partial charge in [-0.3, -0.25) is 4.90 Å². The summed E-state index contributed by atoms with van der Waals surface area (Å²) in [7, 11) is 6.81. The van der Waals surface area contributed by atoms with Crippen LogP contribution in [-0.4, -0.2) is 31.6 Å². The topological polar surface area (TPSA) is 6.48 Å². The van der Waals surface area contributed by atoms with Gasteiger partial charge in [0.15, 0.2) is 0 Å². The van der Waals surface area contributed by atoms with Gasteiger partial charge in [-0.2, -0.15) is 0 Å². The van der Waals surface area contributed by atoms with E-state index in [0.717, 1.165) is 0 Å². The molecule has 134 valence electrons. The van der Waals surface area contributed by atoms with Crippen molar-refractivity contribution in [3.8, 4) is 0 Å². The largest absolute Gasteiger partial charge is 0.369 e. The van der Waals surface area contributed by atoms with Crippen LogP contribution in [0.25, 0.3) is 0 Å². The highest BCUT2D eigenvalue weighted by molar-refractivity contribution is 5.50. The van der Waals surface area contributed by atoms with Gasteiger partial charge in [0, 0.05) is 23.8 Å². The van der Waals surface area contributed by atoms with Crippen molar-refractivity contribution in [3.63, 3.8) is 0 Å². The van der Waals surface area contributed by atoms with Crippen molar-refractivity contribution in [1.82, 2.24) is 4.90 Å². The summed E-state index contributed by atoms with van der Waals surface area (Å²) in [5, 5.41) is 0. The molecular weight excluding hydrogens is 292 g/mol. The summed E-state index contributed by atoms with van der Waals surface area (Å²) in [5.74, 6) is 0. The average Bonchev–Trinajstić information content (AvgIpc) is 2.62. The van der Waals surface area contributed by atoms with Crippen LogP contribution in [0, 0.1) is 0 Å². The SMILES string of the molecule is CN(c1ccc(C2(N(C)C)CCCCC2)cc1)C1(C)CCCCC1. The van der Waals surface area contributed by atoms with Gasteiger partial charge >= 0.3 is 0 Å². The van der Waals surface area contributed by atoms with E-state index >= 15 is 0 Å². The molecule has 0 radical (unpaired) electrons. The van der Waals surface area contributed by atoms with Gasteiger partial charge in [-0.1, -0.05) is 50.7 Å². The Morgan fingerprint density at radius 3 is 1.71 bits per heavy atom. The lowest BCUT2D eigenvalue weighted by Crippen LogP contribution is -2.45. The first-order valence-electron chi connectivity index (χ1n) is 10.00. The van der Waals surface area contributed by atoms with E-state index in [1.807, 2.05) is 0 Å². The fraction of sp³-hybridized carbons (Fsp3) is 0.727. The minimum Gasteiger partial charge on any atom is -0.369 e. The third-order valence-electron chi connectivity index (χ3n) is 7.07. The lowest BCUT2D eigenvalue weighted by atomic mass is 9.75. The molecule has 1 aromatic rings. The number of nitrogens with zero attached hydrogens (tertiary/aromatic N) is 2. The number of anilines is 1. The Bertz CT molecular complexity index is 519. The molecule has 2 fully saturated rings. The normalized spacial score (nSPS) is 23.2. The molecule has 1 aromatic carbocycles. The fourth-order valence-corrected chi connectivity index (χ4v) is 5.09. The van der Waals surface area contributed by atoms with Crippen LogP contribution < -0.4 is 4.90 Å². The minimum atomic E-state index is 0.254. The second-order valence-electron chi connectivity index (χ2n) is 8.65. The van der Waals surface area contributed by atoms with Gasteiger partial charge < -0.3 is 4.90 Å². The molecule has 0 bridgehead atoms. The van der Waals surface area contributed by atoms with E-state index in [4.69, 9.17) is 0 Å².